The van der Waals surface area contributed by atoms with Crippen molar-refractivity contribution in [1.29, 1.82) is 0 Å². The molecule has 0 unspecified atom stereocenters. The van der Waals surface area contributed by atoms with Gasteiger partial charge in [-0.25, -0.2) is 4.39 Å². The van der Waals surface area contributed by atoms with Crippen molar-refractivity contribution in [3.05, 3.63) is 34.6 Å². The summed E-state index contributed by atoms with van der Waals surface area (Å²) < 4.78 is 13.5. The number of hydrogen-bond donors (Lipinski definition) is 2. The third-order valence-corrected chi connectivity index (χ3v) is 3.86. The third-order valence-electron chi connectivity index (χ3n) is 3.86. The molecular weight excluding hydrogens is 227 g/mol. The zero-order valence-electron chi connectivity index (χ0n) is 11.3. The molecule has 0 spiro atoms. The fourth-order valence-corrected chi connectivity index (χ4v) is 2.72. The van der Waals surface area contributed by atoms with E-state index in [0.717, 1.165) is 43.4 Å². The van der Waals surface area contributed by atoms with Crippen molar-refractivity contribution < 1.29 is 4.39 Å². The van der Waals surface area contributed by atoms with E-state index in [0.29, 0.717) is 12.1 Å². The first-order chi connectivity index (χ1) is 8.56. The van der Waals surface area contributed by atoms with Gasteiger partial charge in [-0.1, -0.05) is 12.1 Å². The van der Waals surface area contributed by atoms with Crippen LogP contribution in [-0.4, -0.2) is 12.1 Å². The molecule has 0 saturated heterocycles. The van der Waals surface area contributed by atoms with E-state index in [-0.39, 0.29) is 5.82 Å². The molecule has 0 amide bonds. The Hall–Kier alpha value is -0.930. The van der Waals surface area contributed by atoms with Crippen LogP contribution in [0.15, 0.2) is 12.1 Å². The number of halogens is 1. The molecular formula is C15H23FN2. The van der Waals surface area contributed by atoms with Crippen LogP contribution in [0, 0.1) is 19.7 Å². The summed E-state index contributed by atoms with van der Waals surface area (Å²) in [6, 6.07) is 4.82. The van der Waals surface area contributed by atoms with Gasteiger partial charge in [0, 0.05) is 18.6 Å². The van der Waals surface area contributed by atoms with Gasteiger partial charge in [-0.2, -0.15) is 0 Å². The van der Waals surface area contributed by atoms with Gasteiger partial charge in [0.1, 0.15) is 5.82 Å². The van der Waals surface area contributed by atoms with Crippen molar-refractivity contribution in [2.24, 2.45) is 5.73 Å². The lowest BCUT2D eigenvalue weighted by molar-refractivity contribution is 0.341. The summed E-state index contributed by atoms with van der Waals surface area (Å²) in [6.45, 7) is 4.47. The van der Waals surface area contributed by atoms with Crippen LogP contribution in [-0.2, 0) is 6.54 Å². The molecule has 2 nitrogen and oxygen atoms in total. The van der Waals surface area contributed by atoms with Gasteiger partial charge in [0.2, 0.25) is 0 Å². The second-order valence-corrected chi connectivity index (χ2v) is 5.54. The molecule has 3 N–H and O–H groups in total. The fraction of sp³-hybridized carbons (Fsp3) is 0.600. The van der Waals surface area contributed by atoms with E-state index in [1.165, 1.54) is 5.56 Å². The normalized spacial score (nSPS) is 24.2. The van der Waals surface area contributed by atoms with E-state index >= 15 is 0 Å². The molecule has 0 bridgehead atoms. The predicted molar refractivity (Wildman–Crippen MR) is 72.9 cm³/mol. The lowest BCUT2D eigenvalue weighted by atomic mass is 9.91. The molecule has 1 aromatic rings. The van der Waals surface area contributed by atoms with E-state index in [2.05, 4.69) is 5.32 Å². The van der Waals surface area contributed by atoms with Gasteiger partial charge in [0.25, 0.3) is 0 Å². The highest BCUT2D eigenvalue weighted by Gasteiger charge is 2.17. The van der Waals surface area contributed by atoms with Crippen LogP contribution in [0.2, 0.25) is 0 Å². The van der Waals surface area contributed by atoms with E-state index in [1.807, 2.05) is 26.0 Å². The highest BCUT2D eigenvalue weighted by Crippen LogP contribution is 2.18. The molecule has 0 aliphatic heterocycles. The lowest BCUT2D eigenvalue weighted by Crippen LogP contribution is -2.37. The summed E-state index contributed by atoms with van der Waals surface area (Å²) in [4.78, 5) is 0. The van der Waals surface area contributed by atoms with Crippen LogP contribution in [0.3, 0.4) is 0 Å². The average molecular weight is 250 g/mol. The fourth-order valence-electron chi connectivity index (χ4n) is 2.72. The molecule has 1 aromatic carbocycles. The first kappa shape index (κ1) is 13.5. The summed E-state index contributed by atoms with van der Waals surface area (Å²) in [7, 11) is 0. The SMILES string of the molecule is Cc1cc(CNC2CCC(N)CC2)cc(C)c1F. The van der Waals surface area contributed by atoms with Gasteiger partial charge >= 0.3 is 0 Å². The minimum Gasteiger partial charge on any atom is -0.328 e. The summed E-state index contributed by atoms with van der Waals surface area (Å²) in [6.07, 6.45) is 4.53. The number of nitrogens with two attached hydrogens (primary N) is 1. The number of rotatable bonds is 3. The Kier molecular flexibility index (Phi) is 4.36. The zero-order chi connectivity index (χ0) is 13.1. The number of hydrogen-bond acceptors (Lipinski definition) is 2. The third kappa shape index (κ3) is 3.30. The van der Waals surface area contributed by atoms with Gasteiger partial charge in [-0.05, 0) is 56.2 Å². The minimum atomic E-state index is -0.0811. The van der Waals surface area contributed by atoms with Crippen molar-refractivity contribution in [2.45, 2.75) is 58.2 Å². The van der Waals surface area contributed by atoms with Gasteiger partial charge in [0.05, 0.1) is 0 Å². The highest BCUT2D eigenvalue weighted by molar-refractivity contribution is 5.30. The topological polar surface area (TPSA) is 38.0 Å². The Morgan fingerprint density at radius 1 is 1.17 bits per heavy atom. The van der Waals surface area contributed by atoms with Crippen LogP contribution in [0.1, 0.15) is 42.4 Å². The molecule has 1 fully saturated rings. The molecule has 3 heteroatoms. The zero-order valence-corrected chi connectivity index (χ0v) is 11.3. The van der Waals surface area contributed by atoms with E-state index in [9.17, 15) is 4.39 Å². The highest BCUT2D eigenvalue weighted by atomic mass is 19.1. The molecule has 100 valence electrons. The molecule has 0 radical (unpaired) electrons. The van der Waals surface area contributed by atoms with Crippen molar-refractivity contribution in [3.8, 4) is 0 Å². The molecule has 1 saturated carbocycles. The summed E-state index contributed by atoms with van der Waals surface area (Å²) in [5.41, 5.74) is 8.53. The molecule has 0 aromatic heterocycles. The monoisotopic (exact) mass is 250 g/mol. The molecule has 2 rings (SSSR count). The largest absolute Gasteiger partial charge is 0.328 e. The standard InChI is InChI=1S/C15H23FN2/c1-10-7-12(8-11(2)15(10)16)9-18-14-5-3-13(17)4-6-14/h7-8,13-14,18H,3-6,9,17H2,1-2H3. The lowest BCUT2D eigenvalue weighted by Gasteiger charge is -2.27. The van der Waals surface area contributed by atoms with Crippen LogP contribution < -0.4 is 11.1 Å². The summed E-state index contributed by atoms with van der Waals surface area (Å²) >= 11 is 0. The van der Waals surface area contributed by atoms with Crippen LogP contribution in [0.5, 0.6) is 0 Å². The van der Waals surface area contributed by atoms with Gasteiger partial charge < -0.3 is 11.1 Å². The van der Waals surface area contributed by atoms with Crippen molar-refractivity contribution in [2.75, 3.05) is 0 Å². The smallest absolute Gasteiger partial charge is 0.129 e. The van der Waals surface area contributed by atoms with Crippen LogP contribution >= 0.6 is 0 Å². The van der Waals surface area contributed by atoms with Gasteiger partial charge in [0.15, 0.2) is 0 Å². The van der Waals surface area contributed by atoms with Crippen molar-refractivity contribution in [1.82, 2.24) is 5.32 Å². The number of aryl methyl sites for hydroxylation is 2. The van der Waals surface area contributed by atoms with Gasteiger partial charge in [-0.3, -0.25) is 0 Å². The first-order valence-corrected chi connectivity index (χ1v) is 6.81. The predicted octanol–water partition coefficient (Wildman–Crippen LogP) is 2.80. The van der Waals surface area contributed by atoms with Crippen LogP contribution in [0.25, 0.3) is 0 Å². The Balaban J connectivity index is 1.90. The molecule has 1 aliphatic carbocycles. The average Bonchev–Trinajstić information content (AvgIpc) is 2.35. The summed E-state index contributed by atoms with van der Waals surface area (Å²) in [5.74, 6) is -0.0811. The van der Waals surface area contributed by atoms with Crippen molar-refractivity contribution in [3.63, 3.8) is 0 Å². The Morgan fingerprint density at radius 3 is 2.28 bits per heavy atom. The molecule has 18 heavy (non-hydrogen) atoms. The van der Waals surface area contributed by atoms with Crippen molar-refractivity contribution >= 4 is 0 Å². The Labute approximate surface area is 109 Å². The van der Waals surface area contributed by atoms with E-state index in [1.54, 1.807) is 0 Å². The number of benzene rings is 1. The quantitative estimate of drug-likeness (QED) is 0.865. The van der Waals surface area contributed by atoms with E-state index in [4.69, 9.17) is 5.73 Å². The Morgan fingerprint density at radius 2 is 1.72 bits per heavy atom. The molecule has 1 aliphatic rings. The van der Waals surface area contributed by atoms with E-state index < -0.39 is 0 Å². The first-order valence-electron chi connectivity index (χ1n) is 6.81. The second kappa shape index (κ2) is 5.81. The Bertz CT molecular complexity index is 386. The van der Waals surface area contributed by atoms with Gasteiger partial charge in [-0.15, -0.1) is 0 Å². The maximum absolute atomic E-state index is 13.5. The number of nitrogens with one attached hydrogen (secondary N) is 1. The summed E-state index contributed by atoms with van der Waals surface area (Å²) in [5, 5.41) is 3.55. The molecule has 0 heterocycles. The second-order valence-electron chi connectivity index (χ2n) is 5.54. The van der Waals surface area contributed by atoms with Crippen LogP contribution in [0.4, 0.5) is 4.39 Å². The minimum absolute atomic E-state index is 0.0811. The maximum atomic E-state index is 13.5. The molecule has 0 atom stereocenters. The maximum Gasteiger partial charge on any atom is 0.129 e.